The quantitative estimate of drug-likeness (QED) is 0.829. The Hall–Kier alpha value is -1.58. The third-order valence-electron chi connectivity index (χ3n) is 4.08. The van der Waals surface area contributed by atoms with E-state index in [4.69, 9.17) is 4.42 Å². The molecule has 0 saturated carbocycles. The van der Waals surface area contributed by atoms with Crippen molar-refractivity contribution in [3.05, 3.63) is 17.6 Å². The molecule has 8 nitrogen and oxygen atoms in total. The highest BCUT2D eigenvalue weighted by Crippen LogP contribution is 2.26. The molecule has 0 aromatic carbocycles. The zero-order valence-electron chi connectivity index (χ0n) is 13.6. The molecular formula is C14H22N6O2S. The molecule has 1 fully saturated rings. The highest BCUT2D eigenvalue weighted by molar-refractivity contribution is 7.09. The standard InChI is InChI=1S/C14H22N6O2S/c1-4-12-15-14(23-18-12)20-6-10(11(21)7-20)19(5-2)8-13-17-16-9(3)22-13/h10-11,21H,4-8H2,1-3H3/t10?,11-/m1/s1. The predicted octanol–water partition coefficient (Wildman–Crippen LogP) is 0.864. The number of nitrogens with zero attached hydrogens (tertiary/aromatic N) is 6. The van der Waals surface area contributed by atoms with Crippen LogP contribution in [0.15, 0.2) is 4.42 Å². The minimum absolute atomic E-state index is 0.0150. The first kappa shape index (κ1) is 16.3. The molecule has 0 radical (unpaired) electrons. The van der Waals surface area contributed by atoms with Crippen molar-refractivity contribution in [3.8, 4) is 0 Å². The van der Waals surface area contributed by atoms with E-state index >= 15 is 0 Å². The van der Waals surface area contributed by atoms with Gasteiger partial charge in [0.15, 0.2) is 0 Å². The molecule has 1 saturated heterocycles. The minimum atomic E-state index is -0.437. The molecule has 0 bridgehead atoms. The number of β-amino-alcohol motifs (C(OH)–C–C–N with tert-alkyl or cyclic N) is 1. The molecule has 2 atom stereocenters. The summed E-state index contributed by atoms with van der Waals surface area (Å²) in [6.07, 6.45) is 0.390. The first-order chi connectivity index (χ1) is 11.1. The van der Waals surface area contributed by atoms with E-state index in [2.05, 4.69) is 36.3 Å². The molecule has 1 unspecified atom stereocenters. The summed E-state index contributed by atoms with van der Waals surface area (Å²) in [5.41, 5.74) is 0. The van der Waals surface area contributed by atoms with Gasteiger partial charge >= 0.3 is 0 Å². The number of aliphatic hydroxyl groups is 1. The summed E-state index contributed by atoms with van der Waals surface area (Å²) in [4.78, 5) is 8.79. The van der Waals surface area contributed by atoms with Crippen molar-refractivity contribution in [2.24, 2.45) is 0 Å². The average molecular weight is 338 g/mol. The van der Waals surface area contributed by atoms with Gasteiger partial charge in [-0.15, -0.1) is 10.2 Å². The largest absolute Gasteiger partial charge is 0.424 e. The van der Waals surface area contributed by atoms with Gasteiger partial charge < -0.3 is 14.4 Å². The van der Waals surface area contributed by atoms with E-state index in [1.165, 1.54) is 11.5 Å². The molecule has 2 aromatic rings. The monoisotopic (exact) mass is 338 g/mol. The Balaban J connectivity index is 1.68. The number of aromatic nitrogens is 4. The number of rotatable bonds is 6. The molecule has 3 heterocycles. The lowest BCUT2D eigenvalue weighted by molar-refractivity contribution is 0.0761. The van der Waals surface area contributed by atoms with Crippen LogP contribution in [0.25, 0.3) is 0 Å². The molecule has 0 spiro atoms. The van der Waals surface area contributed by atoms with Crippen LogP contribution in [-0.4, -0.2) is 61.3 Å². The maximum atomic E-state index is 10.5. The van der Waals surface area contributed by atoms with Crippen LogP contribution in [0.1, 0.15) is 31.5 Å². The molecule has 1 aliphatic heterocycles. The number of aryl methyl sites for hydroxylation is 2. The van der Waals surface area contributed by atoms with Gasteiger partial charge in [0, 0.05) is 38.0 Å². The highest BCUT2D eigenvalue weighted by Gasteiger charge is 2.36. The number of likely N-dealkylation sites (N-methyl/N-ethyl adjacent to an activating group) is 1. The van der Waals surface area contributed by atoms with Gasteiger partial charge in [0.05, 0.1) is 18.7 Å². The summed E-state index contributed by atoms with van der Waals surface area (Å²) in [6, 6.07) is 0.0150. The fraction of sp³-hybridized carbons (Fsp3) is 0.714. The van der Waals surface area contributed by atoms with Crippen LogP contribution in [0, 0.1) is 6.92 Å². The van der Waals surface area contributed by atoms with E-state index in [1.54, 1.807) is 6.92 Å². The Labute approximate surface area is 139 Å². The Morgan fingerprint density at radius 3 is 2.78 bits per heavy atom. The van der Waals surface area contributed by atoms with E-state index in [0.29, 0.717) is 24.9 Å². The van der Waals surface area contributed by atoms with Crippen LogP contribution in [-0.2, 0) is 13.0 Å². The molecular weight excluding hydrogens is 316 g/mol. The van der Waals surface area contributed by atoms with Crippen LogP contribution in [0.4, 0.5) is 5.13 Å². The van der Waals surface area contributed by atoms with Crippen LogP contribution in [0.2, 0.25) is 0 Å². The second-order valence-corrected chi connectivity index (χ2v) is 6.39. The Bertz CT molecular complexity index is 645. The second-order valence-electron chi connectivity index (χ2n) is 5.66. The van der Waals surface area contributed by atoms with E-state index in [0.717, 1.165) is 30.5 Å². The maximum Gasteiger partial charge on any atom is 0.230 e. The number of hydrogen-bond donors (Lipinski definition) is 1. The first-order valence-corrected chi connectivity index (χ1v) is 8.66. The van der Waals surface area contributed by atoms with Crippen LogP contribution in [0.5, 0.6) is 0 Å². The zero-order chi connectivity index (χ0) is 16.4. The van der Waals surface area contributed by atoms with Crippen molar-refractivity contribution < 1.29 is 9.52 Å². The third-order valence-corrected chi connectivity index (χ3v) is 4.90. The van der Waals surface area contributed by atoms with Gasteiger partial charge in [-0.25, -0.2) is 4.98 Å². The second kappa shape index (κ2) is 6.90. The molecule has 23 heavy (non-hydrogen) atoms. The van der Waals surface area contributed by atoms with Gasteiger partial charge in [-0.3, -0.25) is 4.90 Å². The normalized spacial score (nSPS) is 21.5. The summed E-state index contributed by atoms with van der Waals surface area (Å²) in [6.45, 7) is 8.52. The van der Waals surface area contributed by atoms with Gasteiger partial charge in [0.2, 0.25) is 16.9 Å². The predicted molar refractivity (Wildman–Crippen MR) is 86.4 cm³/mol. The van der Waals surface area contributed by atoms with E-state index < -0.39 is 6.10 Å². The van der Waals surface area contributed by atoms with Gasteiger partial charge in [-0.05, 0) is 6.54 Å². The molecule has 0 aliphatic carbocycles. The van der Waals surface area contributed by atoms with E-state index in [9.17, 15) is 5.11 Å². The molecule has 0 amide bonds. The van der Waals surface area contributed by atoms with Crippen molar-refractivity contribution in [3.63, 3.8) is 0 Å². The Morgan fingerprint density at radius 1 is 1.35 bits per heavy atom. The number of anilines is 1. The molecule has 1 N–H and O–H groups in total. The average Bonchev–Trinajstić information content (AvgIpc) is 3.24. The van der Waals surface area contributed by atoms with Crippen LogP contribution >= 0.6 is 11.5 Å². The van der Waals surface area contributed by atoms with Crippen LogP contribution in [0.3, 0.4) is 0 Å². The molecule has 1 aliphatic rings. The molecule has 126 valence electrons. The fourth-order valence-corrected chi connectivity index (χ4v) is 3.61. The van der Waals surface area contributed by atoms with Gasteiger partial charge in [0.25, 0.3) is 0 Å². The minimum Gasteiger partial charge on any atom is -0.424 e. The fourth-order valence-electron chi connectivity index (χ4n) is 2.84. The highest BCUT2D eigenvalue weighted by atomic mass is 32.1. The molecule has 3 rings (SSSR count). The van der Waals surface area contributed by atoms with E-state index in [1.807, 2.05) is 6.92 Å². The van der Waals surface area contributed by atoms with Crippen molar-refractivity contribution in [1.82, 2.24) is 24.5 Å². The van der Waals surface area contributed by atoms with Crippen molar-refractivity contribution in [1.29, 1.82) is 0 Å². The zero-order valence-corrected chi connectivity index (χ0v) is 14.5. The van der Waals surface area contributed by atoms with Crippen LogP contribution < -0.4 is 4.90 Å². The number of aliphatic hydroxyl groups excluding tert-OH is 1. The van der Waals surface area contributed by atoms with Gasteiger partial charge in [0.1, 0.15) is 5.82 Å². The SMILES string of the molecule is CCc1nsc(N2CC(N(CC)Cc3nnc(C)o3)[C@H](O)C2)n1. The Kier molecular flexibility index (Phi) is 4.88. The summed E-state index contributed by atoms with van der Waals surface area (Å²) in [7, 11) is 0. The smallest absolute Gasteiger partial charge is 0.230 e. The lowest BCUT2D eigenvalue weighted by Crippen LogP contribution is -2.42. The van der Waals surface area contributed by atoms with Crippen molar-refractivity contribution in [2.45, 2.75) is 45.9 Å². The summed E-state index contributed by atoms with van der Waals surface area (Å²) in [5, 5.41) is 19.3. The summed E-state index contributed by atoms with van der Waals surface area (Å²) < 4.78 is 9.79. The van der Waals surface area contributed by atoms with Gasteiger partial charge in [-0.1, -0.05) is 13.8 Å². The maximum absolute atomic E-state index is 10.5. The van der Waals surface area contributed by atoms with E-state index in [-0.39, 0.29) is 6.04 Å². The molecule has 2 aromatic heterocycles. The van der Waals surface area contributed by atoms with Crippen molar-refractivity contribution in [2.75, 3.05) is 24.5 Å². The van der Waals surface area contributed by atoms with Crippen molar-refractivity contribution >= 4 is 16.7 Å². The topological polar surface area (TPSA) is 91.4 Å². The molecule has 9 heteroatoms. The lowest BCUT2D eigenvalue weighted by Gasteiger charge is -2.27. The lowest BCUT2D eigenvalue weighted by atomic mass is 10.2. The summed E-state index contributed by atoms with van der Waals surface area (Å²) >= 11 is 1.40. The Morgan fingerprint density at radius 2 is 2.17 bits per heavy atom. The first-order valence-electron chi connectivity index (χ1n) is 7.89. The summed E-state index contributed by atoms with van der Waals surface area (Å²) in [5.74, 6) is 2.00. The third kappa shape index (κ3) is 3.51. The van der Waals surface area contributed by atoms with Gasteiger partial charge in [-0.2, -0.15) is 4.37 Å². The number of hydrogen-bond acceptors (Lipinski definition) is 9.